The Hall–Kier alpha value is -1.93. The van der Waals surface area contributed by atoms with E-state index in [-0.39, 0.29) is 30.1 Å². The number of amides is 2. The van der Waals surface area contributed by atoms with Gasteiger partial charge in [-0.15, -0.1) is 11.3 Å². The second kappa shape index (κ2) is 7.00. The molecule has 2 aliphatic heterocycles. The number of carbonyl (C=O) groups excluding carboxylic acids is 2. The maximum absolute atomic E-state index is 12.8. The van der Waals surface area contributed by atoms with Crippen LogP contribution in [0, 0.1) is 11.8 Å². The van der Waals surface area contributed by atoms with E-state index in [1.54, 1.807) is 11.4 Å². The Balaban J connectivity index is 1.46. The Morgan fingerprint density at radius 1 is 1.08 bits per heavy atom. The Labute approximate surface area is 155 Å². The van der Waals surface area contributed by atoms with Crippen molar-refractivity contribution >= 4 is 34.1 Å². The number of hydrogen-bond acceptors (Lipinski definition) is 5. The van der Waals surface area contributed by atoms with Crippen molar-refractivity contribution < 1.29 is 24.2 Å². The Morgan fingerprint density at radius 2 is 1.77 bits per heavy atom. The first-order valence-electron chi connectivity index (χ1n) is 9.12. The van der Waals surface area contributed by atoms with E-state index in [1.165, 1.54) is 11.3 Å². The molecular formula is C18H22N2O5S. The van der Waals surface area contributed by atoms with Crippen LogP contribution in [0.25, 0.3) is 0 Å². The number of carbonyl (C=O) groups is 3. The second-order valence-electron chi connectivity index (χ2n) is 7.29. The van der Waals surface area contributed by atoms with E-state index in [2.05, 4.69) is 10.6 Å². The molecule has 3 aliphatic rings. The fourth-order valence-electron chi connectivity index (χ4n) is 4.44. The quantitative estimate of drug-likeness (QED) is 0.729. The third-order valence-corrected chi connectivity index (χ3v) is 6.53. The SMILES string of the molecule is O=C(NC1CCCC1)c1ccsc1NC(=O)[C@H]1[C@H](C(=O)O)[C@H]2CC[C@H]1O2. The van der Waals surface area contributed by atoms with Crippen LogP contribution in [0.4, 0.5) is 5.00 Å². The molecule has 3 fully saturated rings. The van der Waals surface area contributed by atoms with Gasteiger partial charge >= 0.3 is 5.97 Å². The molecule has 4 rings (SSSR count). The lowest BCUT2D eigenvalue weighted by molar-refractivity contribution is -0.147. The van der Waals surface area contributed by atoms with Crippen molar-refractivity contribution in [3.63, 3.8) is 0 Å². The monoisotopic (exact) mass is 378 g/mol. The fraction of sp³-hybridized carbons (Fsp3) is 0.611. The molecule has 4 atom stereocenters. The molecule has 0 radical (unpaired) electrons. The van der Waals surface area contributed by atoms with Crippen molar-refractivity contribution in [1.82, 2.24) is 5.32 Å². The summed E-state index contributed by atoms with van der Waals surface area (Å²) in [5, 5.41) is 17.5. The van der Waals surface area contributed by atoms with E-state index in [4.69, 9.17) is 4.74 Å². The molecule has 0 spiro atoms. The zero-order valence-corrected chi connectivity index (χ0v) is 15.1. The van der Waals surface area contributed by atoms with E-state index < -0.39 is 17.8 Å². The summed E-state index contributed by atoms with van der Waals surface area (Å²) in [4.78, 5) is 36.8. The van der Waals surface area contributed by atoms with E-state index in [9.17, 15) is 19.5 Å². The van der Waals surface area contributed by atoms with Gasteiger partial charge in [0.2, 0.25) is 5.91 Å². The topological polar surface area (TPSA) is 105 Å². The van der Waals surface area contributed by atoms with E-state index in [0.29, 0.717) is 23.4 Å². The van der Waals surface area contributed by atoms with Crippen LogP contribution in [0.1, 0.15) is 48.9 Å². The minimum atomic E-state index is -0.997. The van der Waals surface area contributed by atoms with Crippen molar-refractivity contribution in [1.29, 1.82) is 0 Å². The number of anilines is 1. The van der Waals surface area contributed by atoms with Gasteiger partial charge in [-0.1, -0.05) is 12.8 Å². The van der Waals surface area contributed by atoms with Gasteiger partial charge in [0, 0.05) is 6.04 Å². The van der Waals surface area contributed by atoms with Crippen molar-refractivity contribution in [2.75, 3.05) is 5.32 Å². The minimum Gasteiger partial charge on any atom is -0.481 e. The van der Waals surface area contributed by atoms with Gasteiger partial charge in [-0.2, -0.15) is 0 Å². The van der Waals surface area contributed by atoms with Crippen LogP contribution in [0.15, 0.2) is 11.4 Å². The summed E-state index contributed by atoms with van der Waals surface area (Å²) in [6.07, 6.45) is 4.86. The first-order chi connectivity index (χ1) is 12.5. The number of thiophene rings is 1. The number of ether oxygens (including phenoxy) is 1. The summed E-state index contributed by atoms with van der Waals surface area (Å²) in [5.41, 5.74) is 0.436. The lowest BCUT2D eigenvalue weighted by atomic mass is 9.79. The molecule has 1 aromatic rings. The maximum atomic E-state index is 12.8. The first-order valence-corrected chi connectivity index (χ1v) is 10.00. The molecule has 3 heterocycles. The molecule has 0 aromatic carbocycles. The number of hydrogen-bond donors (Lipinski definition) is 3. The summed E-state index contributed by atoms with van der Waals surface area (Å²) >= 11 is 1.27. The zero-order valence-electron chi connectivity index (χ0n) is 14.3. The number of aliphatic carboxylic acids is 1. The summed E-state index contributed by atoms with van der Waals surface area (Å²) < 4.78 is 5.65. The Bertz CT molecular complexity index is 727. The van der Waals surface area contributed by atoms with E-state index >= 15 is 0 Å². The number of carboxylic acids is 1. The summed E-state index contributed by atoms with van der Waals surface area (Å²) in [7, 11) is 0. The molecule has 3 N–H and O–H groups in total. The van der Waals surface area contributed by atoms with E-state index in [1.807, 2.05) is 0 Å². The molecule has 140 valence electrons. The van der Waals surface area contributed by atoms with Gasteiger partial charge in [-0.3, -0.25) is 14.4 Å². The van der Waals surface area contributed by atoms with Gasteiger partial charge in [0.25, 0.3) is 5.91 Å². The summed E-state index contributed by atoms with van der Waals surface area (Å²) in [6, 6.07) is 1.89. The highest BCUT2D eigenvalue weighted by molar-refractivity contribution is 7.14. The van der Waals surface area contributed by atoms with E-state index in [0.717, 1.165) is 25.7 Å². The van der Waals surface area contributed by atoms with Crippen LogP contribution in [-0.2, 0) is 14.3 Å². The number of carboxylic acid groups (broad SMARTS) is 1. The molecule has 1 aromatic heterocycles. The Morgan fingerprint density at radius 3 is 2.46 bits per heavy atom. The van der Waals surface area contributed by atoms with Crippen LogP contribution in [0.5, 0.6) is 0 Å². The molecule has 2 saturated heterocycles. The third kappa shape index (κ3) is 3.12. The fourth-order valence-corrected chi connectivity index (χ4v) is 5.23. The smallest absolute Gasteiger partial charge is 0.310 e. The van der Waals surface area contributed by atoms with Crippen molar-refractivity contribution in [3.05, 3.63) is 17.0 Å². The van der Waals surface area contributed by atoms with Gasteiger partial charge in [-0.25, -0.2) is 0 Å². The number of nitrogens with one attached hydrogen (secondary N) is 2. The van der Waals surface area contributed by atoms with Crippen LogP contribution in [-0.4, -0.2) is 41.1 Å². The first kappa shape index (κ1) is 17.5. The summed E-state index contributed by atoms with van der Waals surface area (Å²) in [5.74, 6) is -3.08. The van der Waals surface area contributed by atoms with Crippen LogP contribution >= 0.6 is 11.3 Å². The van der Waals surface area contributed by atoms with Gasteiger partial charge in [0.1, 0.15) is 5.00 Å². The van der Waals surface area contributed by atoms with Gasteiger partial charge in [0.05, 0.1) is 29.6 Å². The predicted octanol–water partition coefficient (Wildman–Crippen LogP) is 2.24. The molecule has 1 saturated carbocycles. The number of rotatable bonds is 5. The molecule has 2 amide bonds. The molecule has 8 heteroatoms. The van der Waals surface area contributed by atoms with Crippen LogP contribution < -0.4 is 10.6 Å². The highest BCUT2D eigenvalue weighted by atomic mass is 32.1. The van der Waals surface area contributed by atoms with Crippen LogP contribution in [0.3, 0.4) is 0 Å². The minimum absolute atomic E-state index is 0.188. The summed E-state index contributed by atoms with van der Waals surface area (Å²) in [6.45, 7) is 0. The van der Waals surface area contributed by atoms with Crippen molar-refractivity contribution in [2.45, 2.75) is 56.8 Å². The standard InChI is InChI=1S/C18H22N2O5S/c21-15(19-9-3-1-2-4-9)10-7-8-26-17(10)20-16(22)13-11-5-6-12(25-11)14(13)18(23)24/h7-9,11-14H,1-6H2,(H,19,21)(H,20,22)(H,23,24)/t11-,12-,13-,14-/m1/s1. The van der Waals surface area contributed by atoms with Crippen molar-refractivity contribution in [2.24, 2.45) is 11.8 Å². The largest absolute Gasteiger partial charge is 0.481 e. The van der Waals surface area contributed by atoms with Gasteiger partial charge < -0.3 is 20.5 Å². The lowest BCUT2D eigenvalue weighted by Gasteiger charge is -2.23. The normalized spacial score (nSPS) is 30.5. The average Bonchev–Trinajstić information content (AvgIpc) is 3.37. The molecule has 1 aliphatic carbocycles. The Kier molecular flexibility index (Phi) is 4.71. The average molecular weight is 378 g/mol. The van der Waals surface area contributed by atoms with Crippen molar-refractivity contribution in [3.8, 4) is 0 Å². The molecule has 0 unspecified atom stereocenters. The highest BCUT2D eigenvalue weighted by Gasteiger charge is 2.55. The second-order valence-corrected chi connectivity index (χ2v) is 8.20. The lowest BCUT2D eigenvalue weighted by Crippen LogP contribution is -2.41. The van der Waals surface area contributed by atoms with Gasteiger partial charge in [0.15, 0.2) is 0 Å². The number of fused-ring (bicyclic) bond motifs is 2. The molecule has 2 bridgehead atoms. The highest BCUT2D eigenvalue weighted by Crippen LogP contribution is 2.44. The molecule has 26 heavy (non-hydrogen) atoms. The van der Waals surface area contributed by atoms with Crippen LogP contribution in [0.2, 0.25) is 0 Å². The zero-order chi connectivity index (χ0) is 18.3. The predicted molar refractivity (Wildman–Crippen MR) is 95.2 cm³/mol. The molecular weight excluding hydrogens is 356 g/mol. The maximum Gasteiger partial charge on any atom is 0.310 e. The third-order valence-electron chi connectivity index (χ3n) is 5.70. The van der Waals surface area contributed by atoms with Gasteiger partial charge in [-0.05, 0) is 37.1 Å². The molecule has 7 nitrogen and oxygen atoms in total.